The lowest BCUT2D eigenvalue weighted by molar-refractivity contribution is -0.136. The van der Waals surface area contributed by atoms with Crippen molar-refractivity contribution in [2.24, 2.45) is 0 Å². The Morgan fingerprint density at radius 1 is 1.14 bits per heavy atom. The monoisotopic (exact) mass is 305 g/mol. The molecule has 0 bridgehead atoms. The van der Waals surface area contributed by atoms with Crippen LogP contribution in [-0.2, 0) is 22.5 Å². The molecule has 2 aromatic rings. The second kappa shape index (κ2) is 6.90. The molecule has 2 N–H and O–H groups in total. The number of ether oxygens (including phenoxy) is 1. The zero-order valence-electron chi connectivity index (χ0n) is 11.5. The van der Waals surface area contributed by atoms with Crippen molar-refractivity contribution in [3.05, 3.63) is 51.7 Å². The number of hydrogen-bond donors (Lipinski definition) is 2. The molecule has 0 unspecified atom stereocenters. The van der Waals surface area contributed by atoms with Gasteiger partial charge in [0.2, 0.25) is 0 Å². The summed E-state index contributed by atoms with van der Waals surface area (Å²) >= 11 is 1.47. The van der Waals surface area contributed by atoms with Gasteiger partial charge in [-0.25, -0.2) is 4.79 Å². The van der Waals surface area contributed by atoms with Gasteiger partial charge in [0.25, 0.3) is 0 Å². The summed E-state index contributed by atoms with van der Waals surface area (Å²) in [7, 11) is 1.35. The minimum absolute atomic E-state index is 0.0541. The molecule has 6 heteroatoms. The van der Waals surface area contributed by atoms with Crippen molar-refractivity contribution >= 4 is 29.0 Å². The van der Waals surface area contributed by atoms with Crippen LogP contribution in [0, 0.1) is 0 Å². The minimum atomic E-state index is -0.824. The van der Waals surface area contributed by atoms with Crippen molar-refractivity contribution in [3.63, 3.8) is 0 Å². The Labute approximate surface area is 126 Å². The van der Waals surface area contributed by atoms with Gasteiger partial charge in [-0.15, -0.1) is 11.3 Å². The maximum absolute atomic E-state index is 11.3. The van der Waals surface area contributed by atoms with E-state index < -0.39 is 5.97 Å². The van der Waals surface area contributed by atoms with E-state index in [0.717, 1.165) is 15.4 Å². The predicted molar refractivity (Wildman–Crippen MR) is 80.8 cm³/mol. The van der Waals surface area contributed by atoms with E-state index in [2.05, 4.69) is 10.1 Å². The summed E-state index contributed by atoms with van der Waals surface area (Å²) in [5.74, 6) is -1.19. The van der Waals surface area contributed by atoms with Gasteiger partial charge in [0.1, 0.15) is 0 Å². The quantitative estimate of drug-likeness (QED) is 0.803. The second-order valence-corrected chi connectivity index (χ2v) is 5.61. The highest BCUT2D eigenvalue weighted by atomic mass is 32.1. The first-order chi connectivity index (χ1) is 10.1. The van der Waals surface area contributed by atoms with Gasteiger partial charge in [-0.1, -0.05) is 0 Å². The van der Waals surface area contributed by atoms with Crippen LogP contribution in [0.2, 0.25) is 0 Å². The number of carbonyl (C=O) groups is 2. The highest BCUT2D eigenvalue weighted by Gasteiger charge is 2.06. The van der Waals surface area contributed by atoms with Crippen molar-refractivity contribution in [2.75, 3.05) is 12.4 Å². The standard InChI is InChI=1S/C15H15NO4S/c1-20-15(19)10-2-4-11(5-3-10)16-9-13-7-6-12(21-13)8-14(17)18/h2-7,16H,8-9H2,1H3,(H,17,18). The zero-order chi connectivity index (χ0) is 15.2. The Morgan fingerprint density at radius 2 is 1.81 bits per heavy atom. The van der Waals surface area contributed by atoms with Crippen LogP contribution >= 0.6 is 11.3 Å². The van der Waals surface area contributed by atoms with Crippen molar-refractivity contribution in [1.82, 2.24) is 0 Å². The van der Waals surface area contributed by atoms with Gasteiger partial charge in [-0.2, -0.15) is 0 Å². The summed E-state index contributed by atoms with van der Waals surface area (Å²) in [6.07, 6.45) is 0.0541. The molecule has 1 heterocycles. The number of hydrogen-bond acceptors (Lipinski definition) is 5. The number of carbonyl (C=O) groups excluding carboxylic acids is 1. The maximum atomic E-state index is 11.3. The van der Waals surface area contributed by atoms with Gasteiger partial charge >= 0.3 is 11.9 Å². The molecule has 0 aliphatic rings. The van der Waals surface area contributed by atoms with Gasteiger partial charge in [0.15, 0.2) is 0 Å². The number of nitrogens with one attached hydrogen (secondary N) is 1. The molecular formula is C15H15NO4S. The summed E-state index contributed by atoms with van der Waals surface area (Å²) in [5.41, 5.74) is 1.39. The summed E-state index contributed by atoms with van der Waals surface area (Å²) in [4.78, 5) is 23.8. The van der Waals surface area contributed by atoms with E-state index in [4.69, 9.17) is 5.11 Å². The number of carboxylic acid groups (broad SMARTS) is 1. The molecule has 0 amide bonds. The number of methoxy groups -OCH3 is 1. The molecule has 0 aliphatic heterocycles. The summed E-state index contributed by atoms with van der Waals surface area (Å²) in [6, 6.07) is 10.7. The summed E-state index contributed by atoms with van der Waals surface area (Å²) in [6.45, 7) is 0.613. The SMILES string of the molecule is COC(=O)c1ccc(NCc2ccc(CC(=O)O)s2)cc1. The van der Waals surface area contributed by atoms with Gasteiger partial charge in [-0.3, -0.25) is 4.79 Å². The first kappa shape index (κ1) is 15.1. The third kappa shape index (κ3) is 4.32. The first-order valence-electron chi connectivity index (χ1n) is 6.30. The number of thiophene rings is 1. The molecule has 0 spiro atoms. The van der Waals surface area contributed by atoms with E-state index in [0.29, 0.717) is 12.1 Å². The largest absolute Gasteiger partial charge is 0.481 e. The lowest BCUT2D eigenvalue weighted by atomic mass is 10.2. The molecule has 2 rings (SSSR count). The number of carboxylic acids is 1. The van der Waals surface area contributed by atoms with E-state index in [1.165, 1.54) is 18.4 Å². The van der Waals surface area contributed by atoms with Crippen LogP contribution in [0.15, 0.2) is 36.4 Å². The lowest BCUT2D eigenvalue weighted by Crippen LogP contribution is -2.02. The minimum Gasteiger partial charge on any atom is -0.481 e. The topological polar surface area (TPSA) is 75.6 Å². The van der Waals surface area contributed by atoms with Crippen LogP contribution in [0.5, 0.6) is 0 Å². The maximum Gasteiger partial charge on any atom is 0.337 e. The van der Waals surface area contributed by atoms with Gasteiger partial charge in [-0.05, 0) is 36.4 Å². The molecule has 21 heavy (non-hydrogen) atoms. The normalized spacial score (nSPS) is 10.1. The average molecular weight is 305 g/mol. The van der Waals surface area contributed by atoms with E-state index in [-0.39, 0.29) is 12.4 Å². The molecule has 1 aromatic heterocycles. The average Bonchev–Trinajstić information content (AvgIpc) is 2.91. The number of rotatable bonds is 6. The Balaban J connectivity index is 1.92. The number of benzene rings is 1. The third-order valence-electron chi connectivity index (χ3n) is 2.82. The van der Waals surface area contributed by atoms with Crippen LogP contribution in [0.4, 0.5) is 5.69 Å². The van der Waals surface area contributed by atoms with Gasteiger partial charge in [0, 0.05) is 22.0 Å². The molecule has 1 aromatic carbocycles. The van der Waals surface area contributed by atoms with Crippen LogP contribution in [-0.4, -0.2) is 24.2 Å². The third-order valence-corrected chi connectivity index (χ3v) is 3.90. The lowest BCUT2D eigenvalue weighted by Gasteiger charge is -2.05. The number of anilines is 1. The Hall–Kier alpha value is -2.34. The summed E-state index contributed by atoms with van der Waals surface area (Å²) < 4.78 is 4.63. The Kier molecular flexibility index (Phi) is 4.94. The Morgan fingerprint density at radius 3 is 2.43 bits per heavy atom. The molecule has 0 atom stereocenters. The molecule has 0 fully saturated rings. The van der Waals surface area contributed by atoms with Crippen LogP contribution < -0.4 is 5.32 Å². The van der Waals surface area contributed by atoms with Crippen LogP contribution in [0.1, 0.15) is 20.1 Å². The first-order valence-corrected chi connectivity index (χ1v) is 7.12. The second-order valence-electron chi connectivity index (χ2n) is 4.36. The fourth-order valence-corrected chi connectivity index (χ4v) is 2.74. The fourth-order valence-electron chi connectivity index (χ4n) is 1.79. The summed E-state index contributed by atoms with van der Waals surface area (Å²) in [5, 5.41) is 12.0. The van der Waals surface area contributed by atoms with Gasteiger partial charge in [0.05, 0.1) is 19.1 Å². The number of esters is 1. The highest BCUT2D eigenvalue weighted by Crippen LogP contribution is 2.19. The van der Waals surface area contributed by atoms with Crippen LogP contribution in [0.3, 0.4) is 0 Å². The van der Waals surface area contributed by atoms with Crippen molar-refractivity contribution in [1.29, 1.82) is 0 Å². The zero-order valence-corrected chi connectivity index (χ0v) is 12.3. The highest BCUT2D eigenvalue weighted by molar-refractivity contribution is 7.12. The molecular weight excluding hydrogens is 290 g/mol. The van der Waals surface area contributed by atoms with Crippen molar-refractivity contribution in [2.45, 2.75) is 13.0 Å². The molecule has 0 saturated carbocycles. The molecule has 0 saturated heterocycles. The number of aliphatic carboxylic acids is 1. The van der Waals surface area contributed by atoms with E-state index in [9.17, 15) is 9.59 Å². The molecule has 0 radical (unpaired) electrons. The predicted octanol–water partition coefficient (Wildman–Crippen LogP) is 2.77. The fraction of sp³-hybridized carbons (Fsp3) is 0.200. The van der Waals surface area contributed by atoms with E-state index in [1.807, 2.05) is 12.1 Å². The molecule has 0 aliphatic carbocycles. The van der Waals surface area contributed by atoms with E-state index >= 15 is 0 Å². The molecule has 5 nitrogen and oxygen atoms in total. The van der Waals surface area contributed by atoms with E-state index in [1.54, 1.807) is 24.3 Å². The Bertz CT molecular complexity index is 633. The van der Waals surface area contributed by atoms with Crippen molar-refractivity contribution < 1.29 is 19.4 Å². The smallest absolute Gasteiger partial charge is 0.337 e. The van der Waals surface area contributed by atoms with Gasteiger partial charge < -0.3 is 15.2 Å². The van der Waals surface area contributed by atoms with Crippen molar-refractivity contribution in [3.8, 4) is 0 Å². The van der Waals surface area contributed by atoms with Crippen LogP contribution in [0.25, 0.3) is 0 Å². The molecule has 110 valence electrons.